The van der Waals surface area contributed by atoms with Crippen LogP contribution in [0.25, 0.3) is 0 Å². The zero-order chi connectivity index (χ0) is 66.3. The monoisotopic (exact) mass is 1290 g/mol. The number of aliphatic hydroxyl groups excluding tert-OH is 2. The minimum Gasteiger partial charge on any atom is -0.466 e. The third kappa shape index (κ3) is 77.1. The molecule has 2 unspecified atom stereocenters. The Morgan fingerprint density at radius 3 is 0.870 bits per heavy atom. The topological polar surface area (TPSA) is 95.9 Å². The summed E-state index contributed by atoms with van der Waals surface area (Å²) in [5, 5.41) is 23.5. The van der Waals surface area contributed by atoms with Gasteiger partial charge in [0.1, 0.15) is 0 Å². The van der Waals surface area contributed by atoms with Gasteiger partial charge in [-0.1, -0.05) is 423 Å². The van der Waals surface area contributed by atoms with Crippen LogP contribution in [0.1, 0.15) is 476 Å². The second kappa shape index (κ2) is 81.5. The van der Waals surface area contributed by atoms with Gasteiger partial charge in [0.15, 0.2) is 0 Å². The molecule has 0 radical (unpaired) electrons. The lowest BCUT2D eigenvalue weighted by atomic mass is 10.0. The van der Waals surface area contributed by atoms with Gasteiger partial charge in [-0.2, -0.15) is 0 Å². The number of nitrogens with one attached hydrogen (secondary N) is 1. The van der Waals surface area contributed by atoms with E-state index in [1.807, 2.05) is 0 Å². The molecule has 0 heterocycles. The molecule has 0 saturated carbocycles. The lowest BCUT2D eigenvalue weighted by molar-refractivity contribution is -0.143. The summed E-state index contributed by atoms with van der Waals surface area (Å²) < 4.78 is 5.49. The number of hydrogen-bond acceptors (Lipinski definition) is 5. The fourth-order valence-electron chi connectivity index (χ4n) is 13.5. The normalized spacial score (nSPS) is 12.6. The Balaban J connectivity index is 3.33. The van der Waals surface area contributed by atoms with Crippen LogP contribution in [0.4, 0.5) is 0 Å². The van der Waals surface area contributed by atoms with Gasteiger partial charge in [0.05, 0.1) is 25.4 Å². The van der Waals surface area contributed by atoms with Crippen molar-refractivity contribution in [1.29, 1.82) is 0 Å². The maximum absolute atomic E-state index is 12.6. The molecule has 0 spiro atoms. The van der Waals surface area contributed by atoms with E-state index < -0.39 is 12.1 Å². The summed E-state index contributed by atoms with van der Waals surface area (Å²) in [6.07, 6.45) is 107. The Morgan fingerprint density at radius 2 is 0.554 bits per heavy atom. The summed E-state index contributed by atoms with van der Waals surface area (Å²) in [4.78, 5) is 24.6. The van der Waals surface area contributed by atoms with E-state index in [1.54, 1.807) is 0 Å². The predicted molar refractivity (Wildman–Crippen MR) is 407 cm³/mol. The van der Waals surface area contributed by atoms with Gasteiger partial charge in [-0.25, -0.2) is 0 Å². The van der Waals surface area contributed by atoms with Crippen LogP contribution in [0.5, 0.6) is 0 Å². The Bertz CT molecular complexity index is 1490. The minimum atomic E-state index is -0.663. The second-order valence-corrected chi connectivity index (χ2v) is 29.2. The van der Waals surface area contributed by atoms with Gasteiger partial charge in [0.25, 0.3) is 0 Å². The number of carbonyl (C=O) groups is 2. The second-order valence-electron chi connectivity index (χ2n) is 29.2. The number of amides is 1. The molecular formula is C86H165NO5. The third-order valence-corrected chi connectivity index (χ3v) is 19.9. The van der Waals surface area contributed by atoms with Crippen LogP contribution in [-0.2, 0) is 14.3 Å². The van der Waals surface area contributed by atoms with E-state index in [-0.39, 0.29) is 18.5 Å². The number of allylic oxidation sites excluding steroid dienone is 6. The molecule has 2 atom stereocenters. The van der Waals surface area contributed by atoms with Gasteiger partial charge >= 0.3 is 5.97 Å². The number of aliphatic hydroxyl groups is 2. The van der Waals surface area contributed by atoms with Crippen molar-refractivity contribution in [3.8, 4) is 0 Å². The molecule has 0 aliphatic rings. The number of carbonyl (C=O) groups excluding carboxylic acids is 2. The number of esters is 1. The van der Waals surface area contributed by atoms with Gasteiger partial charge < -0.3 is 20.3 Å². The molecule has 6 heteroatoms. The first-order valence-corrected chi connectivity index (χ1v) is 42.2. The van der Waals surface area contributed by atoms with E-state index in [0.717, 1.165) is 51.4 Å². The molecular weight excluding hydrogens is 1130 g/mol. The minimum absolute atomic E-state index is 0.00847. The van der Waals surface area contributed by atoms with Gasteiger partial charge in [-0.3, -0.25) is 9.59 Å². The van der Waals surface area contributed by atoms with Crippen molar-refractivity contribution < 1.29 is 24.5 Å². The van der Waals surface area contributed by atoms with Crippen LogP contribution < -0.4 is 5.32 Å². The molecule has 0 aromatic rings. The lowest BCUT2D eigenvalue weighted by Gasteiger charge is -2.22. The zero-order valence-corrected chi connectivity index (χ0v) is 62.6. The van der Waals surface area contributed by atoms with Crippen LogP contribution in [0.3, 0.4) is 0 Å². The highest BCUT2D eigenvalue weighted by atomic mass is 16.5. The SMILES string of the molecule is CCCC/C=C\C/C=C\CCCCCCCC(=O)OCCCCCCCCCCCCCCCCCCCC/C=C\CCCCCCCCCCCCCCCCCCCC(=O)NC(CO)C(O)CCCCCCCCCCCCCCCCCCCCCCCC. The Labute approximate surface area is 576 Å². The summed E-state index contributed by atoms with van der Waals surface area (Å²) in [5.74, 6) is -0.0166. The Kier molecular flexibility index (Phi) is 79.8. The van der Waals surface area contributed by atoms with Crippen molar-refractivity contribution in [2.75, 3.05) is 13.2 Å². The average molecular weight is 1290 g/mol. The largest absolute Gasteiger partial charge is 0.466 e. The Hall–Kier alpha value is -1.92. The summed E-state index contributed by atoms with van der Waals surface area (Å²) in [5.41, 5.74) is 0. The highest BCUT2D eigenvalue weighted by Gasteiger charge is 2.20. The molecule has 3 N–H and O–H groups in total. The maximum atomic E-state index is 12.6. The average Bonchev–Trinajstić information content (AvgIpc) is 3.67. The molecule has 0 aliphatic heterocycles. The Morgan fingerprint density at radius 1 is 0.304 bits per heavy atom. The van der Waals surface area contributed by atoms with Crippen molar-refractivity contribution in [1.82, 2.24) is 5.32 Å². The molecule has 0 aromatic carbocycles. The summed E-state index contributed by atoms with van der Waals surface area (Å²) in [7, 11) is 0. The van der Waals surface area contributed by atoms with Crippen LogP contribution >= 0.6 is 0 Å². The molecule has 0 rings (SSSR count). The van der Waals surface area contributed by atoms with Crippen LogP contribution in [0.2, 0.25) is 0 Å². The lowest BCUT2D eigenvalue weighted by Crippen LogP contribution is -2.45. The number of hydrogen-bond donors (Lipinski definition) is 3. The highest BCUT2D eigenvalue weighted by molar-refractivity contribution is 5.76. The molecule has 0 bridgehead atoms. The molecule has 0 aliphatic carbocycles. The number of rotatable bonds is 80. The molecule has 6 nitrogen and oxygen atoms in total. The van der Waals surface area contributed by atoms with Gasteiger partial charge in [-0.05, 0) is 77.0 Å². The van der Waals surface area contributed by atoms with Gasteiger partial charge in [-0.15, -0.1) is 0 Å². The first-order valence-electron chi connectivity index (χ1n) is 42.2. The van der Waals surface area contributed by atoms with Crippen LogP contribution in [0.15, 0.2) is 36.5 Å². The molecule has 0 fully saturated rings. The van der Waals surface area contributed by atoms with Crippen molar-refractivity contribution in [2.45, 2.75) is 488 Å². The van der Waals surface area contributed by atoms with E-state index in [0.29, 0.717) is 25.9 Å². The zero-order valence-electron chi connectivity index (χ0n) is 62.6. The maximum Gasteiger partial charge on any atom is 0.305 e. The highest BCUT2D eigenvalue weighted by Crippen LogP contribution is 2.20. The molecule has 92 heavy (non-hydrogen) atoms. The molecule has 0 saturated heterocycles. The van der Waals surface area contributed by atoms with Crippen molar-refractivity contribution >= 4 is 11.9 Å². The van der Waals surface area contributed by atoms with E-state index in [1.165, 1.54) is 392 Å². The van der Waals surface area contributed by atoms with Gasteiger partial charge in [0, 0.05) is 12.8 Å². The standard InChI is InChI=1S/C86H165NO5/c1-3-5-7-9-11-13-15-17-19-20-21-22-42-45-48-51-54-58-62-66-70-74-78-84(89)83(82-88)87-85(90)79-75-71-67-63-59-55-52-49-46-43-40-38-36-34-32-30-28-26-24-23-25-27-29-31-33-35-37-39-41-44-47-50-53-57-61-65-69-73-77-81-92-86(91)80-76-72-68-64-60-56-18-16-14-12-10-8-6-4-2/h10,12,16,18,23-24,83-84,88-89H,3-9,11,13-15,17,19-22,25-82H2,1-2H3,(H,87,90)/b12-10-,18-16-,24-23-. The first kappa shape index (κ1) is 90.1. The fraction of sp³-hybridized carbons (Fsp3) is 0.907. The van der Waals surface area contributed by atoms with Crippen molar-refractivity contribution in [2.24, 2.45) is 0 Å². The quantitative estimate of drug-likeness (QED) is 0.0320. The predicted octanol–water partition coefficient (Wildman–Crippen LogP) is 28.2. The van der Waals surface area contributed by atoms with E-state index >= 15 is 0 Å². The first-order chi connectivity index (χ1) is 45.5. The van der Waals surface area contributed by atoms with Crippen molar-refractivity contribution in [3.63, 3.8) is 0 Å². The van der Waals surface area contributed by atoms with Crippen LogP contribution in [0, 0.1) is 0 Å². The summed E-state index contributed by atoms with van der Waals surface area (Å²) >= 11 is 0. The molecule has 1 amide bonds. The van der Waals surface area contributed by atoms with Crippen molar-refractivity contribution in [3.05, 3.63) is 36.5 Å². The van der Waals surface area contributed by atoms with E-state index in [9.17, 15) is 19.8 Å². The number of ether oxygens (including phenoxy) is 1. The summed E-state index contributed by atoms with van der Waals surface area (Å²) in [6.45, 7) is 4.96. The molecule has 0 aromatic heterocycles. The third-order valence-electron chi connectivity index (χ3n) is 19.9. The smallest absolute Gasteiger partial charge is 0.305 e. The molecule has 544 valence electrons. The summed E-state index contributed by atoms with van der Waals surface area (Å²) in [6, 6.07) is -0.539. The van der Waals surface area contributed by atoms with Gasteiger partial charge in [0.2, 0.25) is 5.91 Å². The fourth-order valence-corrected chi connectivity index (χ4v) is 13.5. The van der Waals surface area contributed by atoms with Crippen LogP contribution in [-0.4, -0.2) is 47.4 Å². The number of unbranched alkanes of at least 4 members (excludes halogenated alkanes) is 63. The van der Waals surface area contributed by atoms with E-state index in [4.69, 9.17) is 4.74 Å². The van der Waals surface area contributed by atoms with E-state index in [2.05, 4.69) is 55.6 Å².